The summed E-state index contributed by atoms with van der Waals surface area (Å²) in [5, 5.41) is 11.1. The minimum absolute atomic E-state index is 0.139. The van der Waals surface area contributed by atoms with Crippen LogP contribution in [-0.2, 0) is 11.4 Å². The van der Waals surface area contributed by atoms with Gasteiger partial charge in [-0.2, -0.15) is 0 Å². The minimum Gasteiger partial charge on any atom is -0.486 e. The molecule has 9 heteroatoms. The third-order valence-corrected chi connectivity index (χ3v) is 6.66. The van der Waals surface area contributed by atoms with Crippen molar-refractivity contribution in [1.82, 2.24) is 14.9 Å². The van der Waals surface area contributed by atoms with E-state index >= 15 is 0 Å². The fourth-order valence-corrected chi connectivity index (χ4v) is 4.75. The molecular weight excluding hydrogens is 453 g/mol. The third kappa shape index (κ3) is 4.60. The number of rotatable bonds is 6. The number of para-hydroxylation sites is 2. The number of thioether (sulfide) groups is 1. The Balaban J connectivity index is 1.43. The summed E-state index contributed by atoms with van der Waals surface area (Å²) >= 11 is 1.28. The van der Waals surface area contributed by atoms with Crippen LogP contribution in [0.15, 0.2) is 84.0 Å². The lowest BCUT2D eigenvalue weighted by molar-refractivity contribution is -0.116. The predicted molar refractivity (Wildman–Crippen MR) is 129 cm³/mol. The van der Waals surface area contributed by atoms with Crippen LogP contribution in [0.2, 0.25) is 0 Å². The molecule has 0 saturated carbocycles. The molecule has 0 spiro atoms. The summed E-state index contributed by atoms with van der Waals surface area (Å²) < 4.78 is 21.8. The zero-order valence-electron chi connectivity index (χ0n) is 18.3. The standard InChI is InChI=1S/C25H22FN5O2S/c1-16-11-13-17(14-12-16)22-23(24(32)27-20-10-6-5-9-19(20)26)34-25-29-28-21(31(25)30-22)15-33-18-7-3-2-4-8-18/h2-14,22-23,30H,15H2,1H3,(H,27,32)/t22-,23+/m1/s1. The summed E-state index contributed by atoms with van der Waals surface area (Å²) in [6.45, 7) is 2.21. The molecule has 2 heterocycles. The van der Waals surface area contributed by atoms with Crippen LogP contribution in [0.4, 0.5) is 10.1 Å². The van der Waals surface area contributed by atoms with Crippen LogP contribution < -0.4 is 15.5 Å². The van der Waals surface area contributed by atoms with Gasteiger partial charge >= 0.3 is 0 Å². The molecular formula is C25H22FN5O2S. The van der Waals surface area contributed by atoms with Gasteiger partial charge in [-0.15, -0.1) is 10.2 Å². The highest BCUT2D eigenvalue weighted by Crippen LogP contribution is 2.38. The van der Waals surface area contributed by atoms with Gasteiger partial charge < -0.3 is 15.5 Å². The predicted octanol–water partition coefficient (Wildman–Crippen LogP) is 4.70. The van der Waals surface area contributed by atoms with E-state index in [9.17, 15) is 9.18 Å². The first-order chi connectivity index (χ1) is 16.6. The van der Waals surface area contributed by atoms with Crippen LogP contribution in [0, 0.1) is 12.7 Å². The minimum atomic E-state index is -0.609. The molecule has 1 aliphatic heterocycles. The first-order valence-corrected chi connectivity index (χ1v) is 11.6. The van der Waals surface area contributed by atoms with Gasteiger partial charge in [0.1, 0.15) is 23.4 Å². The van der Waals surface area contributed by atoms with Gasteiger partial charge in [-0.3, -0.25) is 4.79 Å². The topological polar surface area (TPSA) is 81.1 Å². The Morgan fingerprint density at radius 3 is 2.56 bits per heavy atom. The monoisotopic (exact) mass is 475 g/mol. The summed E-state index contributed by atoms with van der Waals surface area (Å²) in [5.74, 6) is 0.487. The van der Waals surface area contributed by atoms with Gasteiger partial charge in [-0.1, -0.05) is 71.9 Å². The largest absolute Gasteiger partial charge is 0.486 e. The maximum absolute atomic E-state index is 14.2. The molecule has 34 heavy (non-hydrogen) atoms. The number of ether oxygens (including phenoxy) is 1. The molecule has 1 aromatic heterocycles. The average molecular weight is 476 g/mol. The zero-order chi connectivity index (χ0) is 23.5. The average Bonchev–Trinajstić information content (AvgIpc) is 3.26. The van der Waals surface area contributed by atoms with E-state index in [4.69, 9.17) is 4.74 Å². The molecule has 0 aliphatic carbocycles. The second kappa shape index (κ2) is 9.56. The van der Waals surface area contributed by atoms with Crippen LogP contribution in [0.5, 0.6) is 5.75 Å². The molecule has 3 aromatic carbocycles. The molecule has 5 rings (SSSR count). The summed E-state index contributed by atoms with van der Waals surface area (Å²) in [7, 11) is 0. The Hall–Kier alpha value is -3.85. The van der Waals surface area contributed by atoms with Crippen molar-refractivity contribution in [2.75, 3.05) is 10.7 Å². The number of nitrogens with one attached hydrogen (secondary N) is 2. The highest BCUT2D eigenvalue weighted by atomic mass is 32.2. The Morgan fingerprint density at radius 1 is 1.06 bits per heavy atom. The van der Waals surface area contributed by atoms with E-state index in [1.54, 1.807) is 16.8 Å². The number of hydrogen-bond donors (Lipinski definition) is 2. The number of fused-ring (bicyclic) bond motifs is 1. The van der Waals surface area contributed by atoms with Crippen LogP contribution in [0.1, 0.15) is 23.0 Å². The van der Waals surface area contributed by atoms with E-state index in [1.807, 2.05) is 61.5 Å². The molecule has 1 aliphatic rings. The van der Waals surface area contributed by atoms with Gasteiger partial charge in [0.25, 0.3) is 0 Å². The van der Waals surface area contributed by atoms with Gasteiger partial charge in [0, 0.05) is 0 Å². The van der Waals surface area contributed by atoms with Gasteiger partial charge in [-0.25, -0.2) is 9.07 Å². The highest BCUT2D eigenvalue weighted by molar-refractivity contribution is 8.00. The van der Waals surface area contributed by atoms with Crippen LogP contribution in [0.25, 0.3) is 0 Å². The molecule has 2 N–H and O–H groups in total. The van der Waals surface area contributed by atoms with Crippen molar-refractivity contribution in [3.63, 3.8) is 0 Å². The molecule has 0 bridgehead atoms. The van der Waals surface area contributed by atoms with Crippen LogP contribution >= 0.6 is 11.8 Å². The van der Waals surface area contributed by atoms with Gasteiger partial charge in [-0.05, 0) is 36.8 Å². The maximum atomic E-state index is 14.2. The van der Waals surface area contributed by atoms with Crippen LogP contribution in [0.3, 0.4) is 0 Å². The first-order valence-electron chi connectivity index (χ1n) is 10.8. The molecule has 0 saturated heterocycles. The molecule has 0 unspecified atom stereocenters. The number of anilines is 1. The van der Waals surface area contributed by atoms with Crippen LogP contribution in [-0.4, -0.2) is 26.0 Å². The van der Waals surface area contributed by atoms with E-state index in [1.165, 1.54) is 23.9 Å². The third-order valence-electron chi connectivity index (χ3n) is 5.44. The second-order valence-electron chi connectivity index (χ2n) is 7.86. The zero-order valence-corrected chi connectivity index (χ0v) is 19.1. The SMILES string of the molecule is Cc1ccc([C@H]2Nn3c(COc4ccccc4)nnc3S[C@@H]2C(=O)Nc2ccccc2F)cc1. The Kier molecular flexibility index (Phi) is 6.18. The molecule has 4 aromatic rings. The second-order valence-corrected chi connectivity index (χ2v) is 8.97. The van der Waals surface area contributed by atoms with Crippen molar-refractivity contribution < 1.29 is 13.9 Å². The summed E-state index contributed by atoms with van der Waals surface area (Å²) in [6.07, 6.45) is 0. The number of aryl methyl sites for hydroxylation is 1. The lowest BCUT2D eigenvalue weighted by Crippen LogP contribution is -2.41. The number of halogens is 1. The van der Waals surface area contributed by atoms with Crippen molar-refractivity contribution in [3.8, 4) is 5.75 Å². The number of nitrogens with zero attached hydrogens (tertiary/aromatic N) is 3. The Bertz CT molecular complexity index is 1300. The quantitative estimate of drug-likeness (QED) is 0.421. The number of carbonyl (C=O) groups excluding carboxylic acids is 1. The van der Waals surface area contributed by atoms with Crippen molar-refractivity contribution in [2.45, 2.75) is 30.0 Å². The lowest BCUT2D eigenvalue weighted by atomic mass is 10.0. The van der Waals surface area contributed by atoms with E-state index in [-0.39, 0.29) is 18.2 Å². The van der Waals surface area contributed by atoms with Gasteiger partial charge in [0.15, 0.2) is 5.82 Å². The van der Waals surface area contributed by atoms with Crippen molar-refractivity contribution >= 4 is 23.4 Å². The Labute approximate surface area is 200 Å². The molecule has 1 amide bonds. The van der Waals surface area contributed by atoms with Gasteiger partial charge in [0.05, 0.1) is 11.7 Å². The fourth-order valence-electron chi connectivity index (χ4n) is 3.65. The molecule has 172 valence electrons. The molecule has 0 radical (unpaired) electrons. The van der Waals surface area contributed by atoms with E-state index in [0.29, 0.717) is 11.0 Å². The number of carbonyl (C=O) groups is 1. The van der Waals surface area contributed by atoms with Crippen molar-refractivity contribution in [3.05, 3.63) is 102 Å². The maximum Gasteiger partial charge on any atom is 0.240 e. The summed E-state index contributed by atoms with van der Waals surface area (Å²) in [6, 6.07) is 23.1. The number of aromatic nitrogens is 3. The van der Waals surface area contributed by atoms with Crippen molar-refractivity contribution in [1.29, 1.82) is 0 Å². The first kappa shape index (κ1) is 22.0. The van der Waals surface area contributed by atoms with E-state index in [0.717, 1.165) is 16.9 Å². The summed E-state index contributed by atoms with van der Waals surface area (Å²) in [5.41, 5.74) is 5.55. The number of benzene rings is 3. The number of hydrogen-bond acceptors (Lipinski definition) is 6. The lowest BCUT2D eigenvalue weighted by Gasteiger charge is -2.33. The number of amides is 1. The fraction of sp³-hybridized carbons (Fsp3) is 0.160. The smallest absolute Gasteiger partial charge is 0.240 e. The van der Waals surface area contributed by atoms with E-state index in [2.05, 4.69) is 20.9 Å². The molecule has 7 nitrogen and oxygen atoms in total. The Morgan fingerprint density at radius 2 is 1.79 bits per heavy atom. The van der Waals surface area contributed by atoms with E-state index < -0.39 is 17.1 Å². The van der Waals surface area contributed by atoms with Crippen molar-refractivity contribution in [2.24, 2.45) is 0 Å². The molecule has 0 fully saturated rings. The van der Waals surface area contributed by atoms with Gasteiger partial charge in [0.2, 0.25) is 11.1 Å². The summed E-state index contributed by atoms with van der Waals surface area (Å²) in [4.78, 5) is 13.3. The normalized spacial score (nSPS) is 16.9. The highest BCUT2D eigenvalue weighted by Gasteiger charge is 2.38. The molecule has 2 atom stereocenters.